The molecular formula is C9H12FN3O. The fourth-order valence-corrected chi connectivity index (χ4v) is 1.000. The minimum Gasteiger partial charge on any atom is -0.397 e. The highest BCUT2D eigenvalue weighted by molar-refractivity contribution is 5.92. The second-order valence-electron chi connectivity index (χ2n) is 3.01. The fourth-order valence-electron chi connectivity index (χ4n) is 1.000. The Balaban J connectivity index is 3.19. The van der Waals surface area contributed by atoms with Crippen LogP contribution < -0.4 is 16.4 Å². The molecule has 0 aliphatic carbocycles. The fraction of sp³-hybridized carbons (Fsp3) is 0.222. The van der Waals surface area contributed by atoms with Crippen molar-refractivity contribution in [1.29, 1.82) is 0 Å². The van der Waals surface area contributed by atoms with E-state index < -0.39 is 5.82 Å². The first kappa shape index (κ1) is 10.3. The lowest BCUT2D eigenvalue weighted by atomic mass is 10.2. The number of amides is 1. The van der Waals surface area contributed by atoms with Crippen LogP contribution in [0, 0.1) is 5.82 Å². The molecule has 1 rings (SSSR count). The molecule has 0 fully saturated rings. The molecule has 0 spiro atoms. The first-order valence-corrected chi connectivity index (χ1v) is 4.02. The van der Waals surface area contributed by atoms with Gasteiger partial charge in [-0.1, -0.05) is 0 Å². The van der Waals surface area contributed by atoms with E-state index in [1.54, 1.807) is 0 Å². The SMILES string of the molecule is CC(=O)N(C)c1cc(N)c(N)c(F)c1. The Morgan fingerprint density at radius 3 is 2.43 bits per heavy atom. The largest absolute Gasteiger partial charge is 0.397 e. The van der Waals surface area contributed by atoms with Crippen molar-refractivity contribution in [3.05, 3.63) is 17.9 Å². The number of benzene rings is 1. The second kappa shape index (κ2) is 3.53. The zero-order valence-electron chi connectivity index (χ0n) is 8.04. The first-order chi connectivity index (χ1) is 6.43. The van der Waals surface area contributed by atoms with Crippen molar-refractivity contribution < 1.29 is 9.18 Å². The molecule has 0 atom stereocenters. The van der Waals surface area contributed by atoms with Gasteiger partial charge in [-0.15, -0.1) is 0 Å². The number of rotatable bonds is 1. The van der Waals surface area contributed by atoms with E-state index in [4.69, 9.17) is 11.5 Å². The van der Waals surface area contributed by atoms with Gasteiger partial charge in [0.05, 0.1) is 11.4 Å². The van der Waals surface area contributed by atoms with E-state index in [1.165, 1.54) is 31.0 Å². The van der Waals surface area contributed by atoms with E-state index in [-0.39, 0.29) is 17.3 Å². The van der Waals surface area contributed by atoms with E-state index in [0.29, 0.717) is 5.69 Å². The summed E-state index contributed by atoms with van der Waals surface area (Å²) >= 11 is 0. The Labute approximate surface area is 81.3 Å². The quantitative estimate of drug-likeness (QED) is 0.659. The summed E-state index contributed by atoms with van der Waals surface area (Å²) in [6.45, 7) is 1.38. The molecule has 5 heteroatoms. The molecule has 0 saturated carbocycles. The number of carbonyl (C=O) groups is 1. The van der Waals surface area contributed by atoms with Crippen molar-refractivity contribution in [1.82, 2.24) is 0 Å². The van der Waals surface area contributed by atoms with Gasteiger partial charge in [-0.3, -0.25) is 4.79 Å². The highest BCUT2D eigenvalue weighted by Gasteiger charge is 2.10. The molecule has 76 valence electrons. The van der Waals surface area contributed by atoms with Crippen LogP contribution in [-0.2, 0) is 4.79 Å². The topological polar surface area (TPSA) is 72.3 Å². The summed E-state index contributed by atoms with van der Waals surface area (Å²) in [6.07, 6.45) is 0. The smallest absolute Gasteiger partial charge is 0.223 e. The van der Waals surface area contributed by atoms with Crippen LogP contribution in [0.1, 0.15) is 6.92 Å². The maximum Gasteiger partial charge on any atom is 0.223 e. The molecule has 1 amide bonds. The summed E-state index contributed by atoms with van der Waals surface area (Å²) in [7, 11) is 1.53. The average molecular weight is 197 g/mol. The molecule has 0 aromatic heterocycles. The molecular weight excluding hydrogens is 185 g/mol. The summed E-state index contributed by atoms with van der Waals surface area (Å²) in [5.41, 5.74) is 11.2. The van der Waals surface area contributed by atoms with Crippen molar-refractivity contribution in [2.45, 2.75) is 6.92 Å². The van der Waals surface area contributed by atoms with Crippen molar-refractivity contribution in [2.24, 2.45) is 0 Å². The zero-order valence-corrected chi connectivity index (χ0v) is 8.04. The van der Waals surface area contributed by atoms with Gasteiger partial charge in [-0.2, -0.15) is 0 Å². The lowest BCUT2D eigenvalue weighted by molar-refractivity contribution is -0.116. The predicted octanol–water partition coefficient (Wildman–Crippen LogP) is 0.973. The Bertz CT molecular complexity index is 355. The Morgan fingerprint density at radius 1 is 1.43 bits per heavy atom. The number of carbonyl (C=O) groups excluding carboxylic acids is 1. The summed E-state index contributed by atoms with van der Waals surface area (Å²) < 4.78 is 13.1. The lowest BCUT2D eigenvalue weighted by Crippen LogP contribution is -2.23. The number of halogens is 1. The Morgan fingerprint density at radius 2 is 2.00 bits per heavy atom. The van der Waals surface area contributed by atoms with Gasteiger partial charge in [0.15, 0.2) is 0 Å². The molecule has 4 N–H and O–H groups in total. The molecule has 0 unspecified atom stereocenters. The first-order valence-electron chi connectivity index (χ1n) is 4.02. The zero-order chi connectivity index (χ0) is 10.9. The normalized spacial score (nSPS) is 9.93. The van der Waals surface area contributed by atoms with Crippen LogP contribution in [0.15, 0.2) is 12.1 Å². The van der Waals surface area contributed by atoms with Crippen molar-refractivity contribution >= 4 is 23.0 Å². The molecule has 0 heterocycles. The van der Waals surface area contributed by atoms with Crippen LogP contribution in [0.5, 0.6) is 0 Å². The second-order valence-corrected chi connectivity index (χ2v) is 3.01. The molecule has 0 radical (unpaired) electrons. The number of anilines is 3. The standard InChI is InChI=1S/C9H12FN3O/c1-5(14)13(2)6-3-7(10)9(12)8(11)4-6/h3-4H,11-12H2,1-2H3. The van der Waals surface area contributed by atoms with Gasteiger partial charge >= 0.3 is 0 Å². The lowest BCUT2D eigenvalue weighted by Gasteiger charge is -2.16. The molecule has 0 aliphatic heterocycles. The summed E-state index contributed by atoms with van der Waals surface area (Å²) in [4.78, 5) is 12.3. The van der Waals surface area contributed by atoms with E-state index in [2.05, 4.69) is 0 Å². The van der Waals surface area contributed by atoms with Crippen LogP contribution in [-0.4, -0.2) is 13.0 Å². The van der Waals surface area contributed by atoms with Crippen LogP contribution >= 0.6 is 0 Å². The number of nitrogens with zero attached hydrogens (tertiary/aromatic N) is 1. The van der Waals surface area contributed by atoms with E-state index >= 15 is 0 Å². The van der Waals surface area contributed by atoms with Gasteiger partial charge in [-0.25, -0.2) is 4.39 Å². The average Bonchev–Trinajstić information content (AvgIpc) is 2.12. The number of nitrogen functional groups attached to an aromatic ring is 2. The van der Waals surface area contributed by atoms with Crippen molar-refractivity contribution in [3.8, 4) is 0 Å². The third-order valence-corrected chi connectivity index (χ3v) is 2.01. The molecule has 0 bridgehead atoms. The highest BCUT2D eigenvalue weighted by atomic mass is 19.1. The van der Waals surface area contributed by atoms with E-state index in [1.807, 2.05) is 0 Å². The van der Waals surface area contributed by atoms with Crippen LogP contribution in [0.25, 0.3) is 0 Å². The third-order valence-electron chi connectivity index (χ3n) is 2.01. The predicted molar refractivity (Wildman–Crippen MR) is 54.3 cm³/mol. The third kappa shape index (κ3) is 1.76. The van der Waals surface area contributed by atoms with Crippen molar-refractivity contribution in [3.63, 3.8) is 0 Å². The van der Waals surface area contributed by atoms with Crippen LogP contribution in [0.2, 0.25) is 0 Å². The molecule has 0 saturated heterocycles. The number of hydrogen-bond acceptors (Lipinski definition) is 3. The van der Waals surface area contributed by atoms with Crippen LogP contribution in [0.3, 0.4) is 0 Å². The van der Waals surface area contributed by atoms with Gasteiger partial charge in [-0.05, 0) is 12.1 Å². The molecule has 14 heavy (non-hydrogen) atoms. The van der Waals surface area contributed by atoms with Gasteiger partial charge in [0.1, 0.15) is 5.82 Å². The molecule has 0 aliphatic rings. The van der Waals surface area contributed by atoms with Gasteiger partial charge in [0.25, 0.3) is 0 Å². The van der Waals surface area contributed by atoms with Gasteiger partial charge < -0.3 is 16.4 Å². The summed E-state index contributed by atoms with van der Waals surface area (Å²) in [6, 6.07) is 2.63. The number of nitrogens with two attached hydrogens (primary N) is 2. The van der Waals surface area contributed by atoms with Crippen LogP contribution in [0.4, 0.5) is 21.5 Å². The molecule has 4 nitrogen and oxygen atoms in total. The molecule has 1 aromatic rings. The van der Waals surface area contributed by atoms with Gasteiger partial charge in [0.2, 0.25) is 5.91 Å². The van der Waals surface area contributed by atoms with Gasteiger partial charge in [0, 0.05) is 19.7 Å². The minimum atomic E-state index is -0.617. The molecule has 1 aromatic carbocycles. The van der Waals surface area contributed by atoms with E-state index in [9.17, 15) is 9.18 Å². The summed E-state index contributed by atoms with van der Waals surface area (Å²) in [5.74, 6) is -0.818. The maximum absolute atomic E-state index is 13.1. The Hall–Kier alpha value is -1.78. The maximum atomic E-state index is 13.1. The van der Waals surface area contributed by atoms with E-state index in [0.717, 1.165) is 0 Å². The highest BCUT2D eigenvalue weighted by Crippen LogP contribution is 2.25. The number of hydrogen-bond donors (Lipinski definition) is 2. The Kier molecular flexibility index (Phi) is 2.60. The monoisotopic (exact) mass is 197 g/mol. The van der Waals surface area contributed by atoms with Crippen molar-refractivity contribution in [2.75, 3.05) is 23.4 Å². The summed E-state index contributed by atoms with van der Waals surface area (Å²) in [5, 5.41) is 0. The minimum absolute atomic E-state index is 0.0919.